The van der Waals surface area contributed by atoms with E-state index in [9.17, 15) is 14.0 Å². The Morgan fingerprint density at radius 1 is 1.32 bits per heavy atom. The minimum Gasteiger partial charge on any atom is -0.312 e. The van der Waals surface area contributed by atoms with Gasteiger partial charge in [-0.25, -0.2) is 9.18 Å². The molecule has 1 unspecified atom stereocenters. The lowest BCUT2D eigenvalue weighted by Crippen LogP contribution is -2.43. The summed E-state index contributed by atoms with van der Waals surface area (Å²) in [5, 5.41) is 0. The zero-order valence-electron chi connectivity index (χ0n) is 14.4. The van der Waals surface area contributed by atoms with Crippen molar-refractivity contribution in [3.05, 3.63) is 29.8 Å². The van der Waals surface area contributed by atoms with Gasteiger partial charge >= 0.3 is 6.03 Å². The van der Waals surface area contributed by atoms with E-state index in [2.05, 4.69) is 9.88 Å². The molecule has 134 valence electrons. The number of carbonyl (C=O) groups is 2. The Kier molecular flexibility index (Phi) is 3.98. The summed E-state index contributed by atoms with van der Waals surface area (Å²) >= 11 is 0. The Hall–Kier alpha value is -2.02. The molecule has 1 aromatic rings. The smallest absolute Gasteiger partial charge is 0.312 e. The van der Waals surface area contributed by atoms with Crippen LogP contribution in [0.15, 0.2) is 18.5 Å². The number of halogens is 1. The zero-order chi connectivity index (χ0) is 17.6. The molecule has 0 bridgehead atoms. The molecule has 0 saturated carbocycles. The predicted molar refractivity (Wildman–Crippen MR) is 89.0 cm³/mol. The van der Waals surface area contributed by atoms with Crippen LogP contribution in [0.4, 0.5) is 9.18 Å². The van der Waals surface area contributed by atoms with Gasteiger partial charge in [0.25, 0.3) is 5.91 Å². The van der Waals surface area contributed by atoms with Gasteiger partial charge in [0.2, 0.25) is 0 Å². The minimum atomic E-state index is -0.267. The van der Waals surface area contributed by atoms with Crippen molar-refractivity contribution in [3.8, 4) is 0 Å². The first kappa shape index (κ1) is 16.4. The summed E-state index contributed by atoms with van der Waals surface area (Å²) < 4.78 is 13.8. The second-order valence-corrected chi connectivity index (χ2v) is 7.46. The number of carbonyl (C=O) groups excluding carboxylic acids is 2. The molecule has 4 rings (SSSR count). The number of urea groups is 1. The summed E-state index contributed by atoms with van der Waals surface area (Å²) in [6, 6.07) is 1.33. The van der Waals surface area contributed by atoms with Crippen LogP contribution in [-0.2, 0) is 11.3 Å². The molecule has 3 fully saturated rings. The monoisotopic (exact) mass is 346 g/mol. The molecule has 1 atom stereocenters. The fourth-order valence-corrected chi connectivity index (χ4v) is 4.52. The molecule has 6 nitrogen and oxygen atoms in total. The van der Waals surface area contributed by atoms with E-state index in [1.807, 2.05) is 6.92 Å². The van der Waals surface area contributed by atoms with Crippen molar-refractivity contribution in [3.63, 3.8) is 0 Å². The lowest BCUT2D eigenvalue weighted by Gasteiger charge is -2.39. The standard InChI is InChI=1S/C18H23FN4O2/c1-2-22-16(24)15-9-18(12-23(15)17(22)25)4-7-21(8-5-18)11-13-3-6-20-10-14(13)19/h3,6,10,15H,2,4-5,7-9,11-12H2,1H3. The summed E-state index contributed by atoms with van der Waals surface area (Å²) in [7, 11) is 0. The predicted octanol–water partition coefficient (Wildman–Crippen LogP) is 1.86. The van der Waals surface area contributed by atoms with Crippen LogP contribution < -0.4 is 0 Å². The number of likely N-dealkylation sites (tertiary alicyclic amines) is 1. The zero-order valence-corrected chi connectivity index (χ0v) is 14.4. The highest BCUT2D eigenvalue weighted by molar-refractivity contribution is 6.04. The van der Waals surface area contributed by atoms with Gasteiger partial charge in [-0.15, -0.1) is 0 Å². The molecule has 1 aromatic heterocycles. The van der Waals surface area contributed by atoms with Crippen molar-refractivity contribution in [2.24, 2.45) is 5.41 Å². The molecule has 7 heteroatoms. The molecular formula is C18H23FN4O2. The quantitative estimate of drug-likeness (QED) is 0.784. The normalized spacial score (nSPS) is 25.9. The van der Waals surface area contributed by atoms with Crippen LogP contribution in [0.2, 0.25) is 0 Å². The van der Waals surface area contributed by atoms with Crippen LogP contribution in [0.1, 0.15) is 31.7 Å². The molecule has 4 heterocycles. The van der Waals surface area contributed by atoms with E-state index in [1.165, 1.54) is 11.1 Å². The Labute approximate surface area is 146 Å². The fourth-order valence-electron chi connectivity index (χ4n) is 4.52. The number of piperidine rings is 1. The van der Waals surface area contributed by atoms with Gasteiger partial charge in [-0.2, -0.15) is 0 Å². The summed E-state index contributed by atoms with van der Waals surface area (Å²) in [5.74, 6) is -0.300. The second-order valence-electron chi connectivity index (χ2n) is 7.46. The summed E-state index contributed by atoms with van der Waals surface area (Å²) in [4.78, 5) is 33.9. The largest absolute Gasteiger partial charge is 0.327 e. The highest BCUT2D eigenvalue weighted by Gasteiger charge is 2.55. The van der Waals surface area contributed by atoms with E-state index < -0.39 is 0 Å². The third-order valence-corrected chi connectivity index (χ3v) is 6.02. The van der Waals surface area contributed by atoms with E-state index in [0.717, 1.165) is 32.4 Å². The van der Waals surface area contributed by atoms with Crippen molar-refractivity contribution in [2.45, 2.75) is 38.8 Å². The Morgan fingerprint density at radius 3 is 2.72 bits per heavy atom. The molecular weight excluding hydrogens is 323 g/mol. The molecule has 0 radical (unpaired) electrons. The first-order valence-corrected chi connectivity index (χ1v) is 8.96. The van der Waals surface area contributed by atoms with Crippen LogP contribution >= 0.6 is 0 Å². The number of fused-ring (bicyclic) bond motifs is 1. The summed E-state index contributed by atoms with van der Waals surface area (Å²) in [5.41, 5.74) is 0.713. The highest BCUT2D eigenvalue weighted by Crippen LogP contribution is 2.46. The molecule has 0 aliphatic carbocycles. The third kappa shape index (κ3) is 2.70. The van der Waals surface area contributed by atoms with E-state index >= 15 is 0 Å². The van der Waals surface area contributed by atoms with Crippen molar-refractivity contribution in [1.29, 1.82) is 0 Å². The van der Waals surface area contributed by atoms with Crippen LogP contribution in [0, 0.1) is 11.2 Å². The van der Waals surface area contributed by atoms with Crippen molar-refractivity contribution in [2.75, 3.05) is 26.2 Å². The molecule has 0 aromatic carbocycles. The van der Waals surface area contributed by atoms with E-state index in [0.29, 0.717) is 25.2 Å². The SMILES string of the molecule is CCN1C(=O)C2CC3(CCN(Cc4ccncc4F)CC3)CN2C1=O. The van der Waals surface area contributed by atoms with Gasteiger partial charge in [0, 0.05) is 31.4 Å². The lowest BCUT2D eigenvalue weighted by atomic mass is 9.76. The van der Waals surface area contributed by atoms with E-state index in [-0.39, 0.29) is 29.2 Å². The molecule has 3 aliphatic rings. The van der Waals surface area contributed by atoms with E-state index in [4.69, 9.17) is 0 Å². The molecule has 3 amide bonds. The Bertz CT molecular complexity index is 676. The average molecular weight is 346 g/mol. The molecule has 25 heavy (non-hydrogen) atoms. The molecule has 3 aliphatic heterocycles. The summed E-state index contributed by atoms with van der Waals surface area (Å²) in [6.07, 6.45) is 5.53. The first-order valence-electron chi connectivity index (χ1n) is 8.96. The maximum absolute atomic E-state index is 13.8. The second kappa shape index (κ2) is 6.05. The lowest BCUT2D eigenvalue weighted by molar-refractivity contribution is -0.128. The topological polar surface area (TPSA) is 56.8 Å². The first-order chi connectivity index (χ1) is 12.0. The summed E-state index contributed by atoms with van der Waals surface area (Å²) in [6.45, 7) is 5.27. The number of amides is 3. The Balaban J connectivity index is 1.39. The average Bonchev–Trinajstić information content (AvgIpc) is 3.08. The number of nitrogens with zero attached hydrogens (tertiary/aromatic N) is 4. The maximum Gasteiger partial charge on any atom is 0.327 e. The number of rotatable bonds is 3. The van der Waals surface area contributed by atoms with Crippen LogP contribution in [0.5, 0.6) is 0 Å². The van der Waals surface area contributed by atoms with Gasteiger partial charge in [0.1, 0.15) is 11.9 Å². The van der Waals surface area contributed by atoms with E-state index in [1.54, 1.807) is 17.2 Å². The number of hydrogen-bond acceptors (Lipinski definition) is 4. The van der Waals surface area contributed by atoms with Gasteiger partial charge in [0.05, 0.1) is 6.20 Å². The number of likely N-dealkylation sites (N-methyl/N-ethyl adjacent to an activating group) is 1. The van der Waals surface area contributed by atoms with Gasteiger partial charge in [-0.3, -0.25) is 19.6 Å². The molecule has 3 saturated heterocycles. The minimum absolute atomic E-state index is 0.0364. The highest BCUT2D eigenvalue weighted by atomic mass is 19.1. The number of pyridine rings is 1. The van der Waals surface area contributed by atoms with Crippen molar-refractivity contribution >= 4 is 11.9 Å². The third-order valence-electron chi connectivity index (χ3n) is 6.02. The number of imide groups is 1. The number of aromatic nitrogens is 1. The van der Waals surface area contributed by atoms with Gasteiger partial charge in [-0.1, -0.05) is 0 Å². The fraction of sp³-hybridized carbons (Fsp3) is 0.611. The number of hydrogen-bond donors (Lipinski definition) is 0. The van der Waals surface area contributed by atoms with Crippen LogP contribution in [0.3, 0.4) is 0 Å². The van der Waals surface area contributed by atoms with Crippen molar-refractivity contribution in [1.82, 2.24) is 19.7 Å². The molecule has 0 N–H and O–H groups in total. The van der Waals surface area contributed by atoms with Crippen molar-refractivity contribution < 1.29 is 14.0 Å². The van der Waals surface area contributed by atoms with Gasteiger partial charge < -0.3 is 4.90 Å². The van der Waals surface area contributed by atoms with Gasteiger partial charge in [-0.05, 0) is 50.8 Å². The van der Waals surface area contributed by atoms with Crippen LogP contribution in [0.25, 0.3) is 0 Å². The Morgan fingerprint density at radius 2 is 2.08 bits per heavy atom. The molecule has 1 spiro atoms. The van der Waals surface area contributed by atoms with Crippen LogP contribution in [-0.4, -0.2) is 63.8 Å². The van der Waals surface area contributed by atoms with Gasteiger partial charge in [0.15, 0.2) is 0 Å². The maximum atomic E-state index is 13.8.